The monoisotopic (exact) mass is 242 g/mol. The van der Waals surface area contributed by atoms with Gasteiger partial charge in [-0.15, -0.1) is 0 Å². The number of cyclic esters (lactones) is 2. The molecule has 0 N–H and O–H groups in total. The molecule has 1 aliphatic rings. The topological polar surface area (TPSA) is 52.6 Å². The molecule has 0 aromatic carbocycles. The van der Waals surface area contributed by atoms with Gasteiger partial charge in [0.25, 0.3) is 0 Å². The number of carbonyl (C=O) groups excluding carboxylic acids is 2. The smallest absolute Gasteiger partial charge is 0.317 e. The van der Waals surface area contributed by atoms with E-state index in [0.717, 1.165) is 6.42 Å². The lowest BCUT2D eigenvalue weighted by molar-refractivity contribution is -0.154. The molecule has 1 saturated heterocycles. The summed E-state index contributed by atoms with van der Waals surface area (Å²) in [5.41, 5.74) is -0.199. The average molecular weight is 242 g/mol. The van der Waals surface area contributed by atoms with E-state index in [4.69, 9.17) is 4.74 Å². The van der Waals surface area contributed by atoms with Gasteiger partial charge in [0, 0.05) is 0 Å². The Balaban J connectivity index is 2.54. The Morgan fingerprint density at radius 1 is 1.35 bits per heavy atom. The highest BCUT2D eigenvalue weighted by atomic mass is 16.6. The van der Waals surface area contributed by atoms with Crippen LogP contribution in [0.3, 0.4) is 0 Å². The van der Waals surface area contributed by atoms with Crippen molar-refractivity contribution in [3.63, 3.8) is 0 Å². The molecule has 0 aromatic heterocycles. The van der Waals surface area contributed by atoms with E-state index in [2.05, 4.69) is 11.7 Å². The highest BCUT2D eigenvalue weighted by molar-refractivity contribution is 5.96. The fourth-order valence-electron chi connectivity index (χ4n) is 1.97. The zero-order valence-corrected chi connectivity index (χ0v) is 11.3. The van der Waals surface area contributed by atoms with Gasteiger partial charge in [-0.2, -0.15) is 0 Å². The summed E-state index contributed by atoms with van der Waals surface area (Å²) in [6, 6.07) is 0. The molecular formula is C13H22O4. The quantitative estimate of drug-likeness (QED) is 0.548. The molecular weight excluding hydrogens is 220 g/mol. The van der Waals surface area contributed by atoms with Gasteiger partial charge >= 0.3 is 11.9 Å². The average Bonchev–Trinajstić information content (AvgIpc) is 2.44. The molecule has 1 rings (SSSR count). The zero-order chi connectivity index (χ0) is 13.2. The van der Waals surface area contributed by atoms with Crippen LogP contribution in [0.2, 0.25) is 0 Å². The summed E-state index contributed by atoms with van der Waals surface area (Å²) in [5.74, 6) is -1.53. The van der Waals surface area contributed by atoms with Crippen molar-refractivity contribution in [1.82, 2.24) is 0 Å². The van der Waals surface area contributed by atoms with Crippen molar-refractivity contribution in [2.24, 2.45) is 11.8 Å². The second-order valence-electron chi connectivity index (χ2n) is 5.41. The second-order valence-corrected chi connectivity index (χ2v) is 5.41. The van der Waals surface area contributed by atoms with Gasteiger partial charge < -0.3 is 9.47 Å². The number of ether oxygens (including phenoxy) is 2. The lowest BCUT2D eigenvalue weighted by Gasteiger charge is -2.29. The largest absolute Gasteiger partial charge is 0.393 e. The van der Waals surface area contributed by atoms with Crippen LogP contribution >= 0.6 is 0 Å². The number of esters is 2. The summed E-state index contributed by atoms with van der Waals surface area (Å²) < 4.78 is 10.5. The van der Waals surface area contributed by atoms with Crippen LogP contribution in [0.1, 0.15) is 47.5 Å². The highest BCUT2D eigenvalue weighted by Gasteiger charge is 2.42. The van der Waals surface area contributed by atoms with Gasteiger partial charge in [0.15, 0.2) is 0 Å². The van der Waals surface area contributed by atoms with E-state index < -0.39 is 11.9 Å². The van der Waals surface area contributed by atoms with Crippen molar-refractivity contribution in [1.29, 1.82) is 0 Å². The number of rotatable bonds is 5. The van der Waals surface area contributed by atoms with Gasteiger partial charge in [-0.1, -0.05) is 13.8 Å². The van der Waals surface area contributed by atoms with Crippen LogP contribution in [0, 0.1) is 11.8 Å². The minimum atomic E-state index is -0.415. The Morgan fingerprint density at radius 3 is 2.35 bits per heavy atom. The van der Waals surface area contributed by atoms with Gasteiger partial charge in [-0.25, -0.2) is 0 Å². The summed E-state index contributed by atoms with van der Waals surface area (Å²) in [6.07, 6.45) is 1.38. The van der Waals surface area contributed by atoms with E-state index in [-0.39, 0.29) is 23.5 Å². The number of carbonyl (C=O) groups is 2. The van der Waals surface area contributed by atoms with Crippen molar-refractivity contribution in [2.75, 3.05) is 0 Å². The molecule has 4 nitrogen and oxygen atoms in total. The molecule has 1 fully saturated rings. The molecule has 17 heavy (non-hydrogen) atoms. The standard InChI is InChI=1S/C13H22O4/c1-6-13(4,5)17-8(2)7-10-9(3)11(14)16-12(10)15/h8-10H,6-7H2,1-5H3. The van der Waals surface area contributed by atoms with Crippen LogP contribution in [0.4, 0.5) is 0 Å². The third kappa shape index (κ3) is 3.53. The summed E-state index contributed by atoms with van der Waals surface area (Å²) >= 11 is 0. The molecule has 98 valence electrons. The lowest BCUT2D eigenvalue weighted by Crippen LogP contribution is -2.31. The summed E-state index contributed by atoms with van der Waals surface area (Å²) in [7, 11) is 0. The summed E-state index contributed by atoms with van der Waals surface area (Å²) in [4.78, 5) is 22.7. The lowest BCUT2D eigenvalue weighted by atomic mass is 9.91. The second kappa shape index (κ2) is 5.17. The first-order valence-corrected chi connectivity index (χ1v) is 6.20. The van der Waals surface area contributed by atoms with Gasteiger partial charge in [0.05, 0.1) is 23.5 Å². The van der Waals surface area contributed by atoms with Crippen LogP contribution in [0.25, 0.3) is 0 Å². The molecule has 4 heteroatoms. The molecule has 0 amide bonds. The third-order valence-corrected chi connectivity index (χ3v) is 3.44. The number of hydrogen-bond acceptors (Lipinski definition) is 4. The Bertz CT molecular complexity index is 309. The summed E-state index contributed by atoms with van der Waals surface area (Å²) in [6.45, 7) is 9.76. The molecule has 0 spiro atoms. The molecule has 0 saturated carbocycles. The van der Waals surface area contributed by atoms with Crippen LogP contribution in [-0.4, -0.2) is 23.6 Å². The molecule has 1 heterocycles. The predicted molar refractivity (Wildman–Crippen MR) is 63.3 cm³/mol. The SMILES string of the molecule is CCC(C)(C)OC(C)CC1C(=O)OC(=O)C1C. The first-order valence-electron chi connectivity index (χ1n) is 6.20. The van der Waals surface area contributed by atoms with Crippen molar-refractivity contribution in [3.8, 4) is 0 Å². The highest BCUT2D eigenvalue weighted by Crippen LogP contribution is 2.29. The van der Waals surface area contributed by atoms with E-state index in [1.54, 1.807) is 6.92 Å². The van der Waals surface area contributed by atoms with Crippen molar-refractivity contribution >= 4 is 11.9 Å². The van der Waals surface area contributed by atoms with Crippen molar-refractivity contribution in [3.05, 3.63) is 0 Å². The van der Waals surface area contributed by atoms with Gasteiger partial charge in [-0.3, -0.25) is 9.59 Å². The molecule has 3 atom stereocenters. The van der Waals surface area contributed by atoms with Gasteiger partial charge in [-0.05, 0) is 33.6 Å². The fraction of sp³-hybridized carbons (Fsp3) is 0.846. The Morgan fingerprint density at radius 2 is 1.94 bits per heavy atom. The van der Waals surface area contributed by atoms with Crippen molar-refractivity contribution < 1.29 is 19.1 Å². The van der Waals surface area contributed by atoms with E-state index in [0.29, 0.717) is 6.42 Å². The van der Waals surface area contributed by atoms with Crippen LogP contribution in [0.15, 0.2) is 0 Å². The maximum absolute atomic E-state index is 11.5. The first-order chi connectivity index (χ1) is 7.76. The fourth-order valence-corrected chi connectivity index (χ4v) is 1.97. The molecule has 1 aliphatic heterocycles. The summed E-state index contributed by atoms with van der Waals surface area (Å²) in [5, 5.41) is 0. The van der Waals surface area contributed by atoms with E-state index in [9.17, 15) is 9.59 Å². The molecule has 3 unspecified atom stereocenters. The first kappa shape index (κ1) is 14.2. The Hall–Kier alpha value is -0.900. The predicted octanol–water partition coefficient (Wildman–Crippen LogP) is 2.31. The maximum atomic E-state index is 11.5. The minimum absolute atomic E-state index is 0.0594. The molecule has 0 radical (unpaired) electrons. The van der Waals surface area contributed by atoms with E-state index in [1.165, 1.54) is 0 Å². The normalized spacial score (nSPS) is 27.1. The molecule has 0 bridgehead atoms. The van der Waals surface area contributed by atoms with Crippen LogP contribution in [0.5, 0.6) is 0 Å². The molecule has 0 aromatic rings. The maximum Gasteiger partial charge on any atom is 0.317 e. The van der Waals surface area contributed by atoms with Crippen LogP contribution in [-0.2, 0) is 19.1 Å². The van der Waals surface area contributed by atoms with E-state index in [1.807, 2.05) is 20.8 Å². The molecule has 0 aliphatic carbocycles. The van der Waals surface area contributed by atoms with Gasteiger partial charge in [0.2, 0.25) is 0 Å². The minimum Gasteiger partial charge on any atom is -0.393 e. The third-order valence-electron chi connectivity index (χ3n) is 3.44. The van der Waals surface area contributed by atoms with Crippen LogP contribution < -0.4 is 0 Å². The zero-order valence-electron chi connectivity index (χ0n) is 11.3. The van der Waals surface area contributed by atoms with E-state index >= 15 is 0 Å². The Labute approximate surface area is 103 Å². The van der Waals surface area contributed by atoms with Gasteiger partial charge in [0.1, 0.15) is 0 Å². The number of hydrogen-bond donors (Lipinski definition) is 0. The van der Waals surface area contributed by atoms with Crippen molar-refractivity contribution in [2.45, 2.75) is 59.2 Å². The Kier molecular flexibility index (Phi) is 4.31.